The van der Waals surface area contributed by atoms with Gasteiger partial charge in [-0.3, -0.25) is 4.79 Å². The predicted molar refractivity (Wildman–Crippen MR) is 79.1 cm³/mol. The van der Waals surface area contributed by atoms with Gasteiger partial charge in [0.15, 0.2) is 6.10 Å². The molecule has 1 heterocycles. The third kappa shape index (κ3) is 2.59. The highest BCUT2D eigenvalue weighted by Gasteiger charge is 2.32. The molecule has 108 valence electrons. The van der Waals surface area contributed by atoms with Gasteiger partial charge in [0.25, 0.3) is 5.91 Å². The Morgan fingerprint density at radius 1 is 1.29 bits per heavy atom. The van der Waals surface area contributed by atoms with Gasteiger partial charge in [-0.25, -0.2) is 4.39 Å². The van der Waals surface area contributed by atoms with Crippen LogP contribution in [0.5, 0.6) is 5.75 Å². The Morgan fingerprint density at radius 3 is 2.81 bits per heavy atom. The minimum atomic E-state index is -0.606. The van der Waals surface area contributed by atoms with Crippen LogP contribution in [-0.2, 0) is 11.3 Å². The fourth-order valence-electron chi connectivity index (χ4n) is 2.34. The Morgan fingerprint density at radius 2 is 2.05 bits per heavy atom. The molecule has 1 aliphatic heterocycles. The topological polar surface area (TPSA) is 29.5 Å². The second-order valence-corrected chi connectivity index (χ2v) is 5.30. The number of anilines is 1. The Balaban J connectivity index is 2.03. The standard InChI is InChI=1S/C16H13ClFNO2/c1-10-16(20)19(9-11-4-2-3-5-13(11)17)14-8-12(18)6-7-15(14)21-10/h2-8,10H,9H2,1H3. The summed E-state index contributed by atoms with van der Waals surface area (Å²) < 4.78 is 19.0. The first-order valence-corrected chi connectivity index (χ1v) is 6.95. The van der Waals surface area contributed by atoms with Gasteiger partial charge in [0.05, 0.1) is 12.2 Å². The Bertz CT molecular complexity index is 704. The molecule has 2 aromatic carbocycles. The normalized spacial score (nSPS) is 17.4. The van der Waals surface area contributed by atoms with Crippen LogP contribution in [0.3, 0.4) is 0 Å². The third-order valence-electron chi connectivity index (χ3n) is 3.42. The third-order valence-corrected chi connectivity index (χ3v) is 3.78. The van der Waals surface area contributed by atoms with Crippen LogP contribution in [0.15, 0.2) is 42.5 Å². The van der Waals surface area contributed by atoms with E-state index < -0.39 is 11.9 Å². The summed E-state index contributed by atoms with van der Waals surface area (Å²) in [6, 6.07) is 11.4. The number of benzene rings is 2. The molecule has 3 rings (SSSR count). The van der Waals surface area contributed by atoms with Crippen molar-refractivity contribution in [2.45, 2.75) is 19.6 Å². The summed E-state index contributed by atoms with van der Waals surface area (Å²) in [7, 11) is 0. The van der Waals surface area contributed by atoms with Gasteiger partial charge in [-0.2, -0.15) is 0 Å². The van der Waals surface area contributed by atoms with Gasteiger partial charge in [0, 0.05) is 11.1 Å². The first-order chi connectivity index (χ1) is 10.1. The maximum atomic E-state index is 13.5. The lowest BCUT2D eigenvalue weighted by molar-refractivity contribution is -0.125. The van der Waals surface area contributed by atoms with Gasteiger partial charge < -0.3 is 9.64 Å². The molecular weight excluding hydrogens is 293 g/mol. The molecule has 0 fully saturated rings. The van der Waals surface area contributed by atoms with Crippen LogP contribution in [0, 0.1) is 5.82 Å². The van der Waals surface area contributed by atoms with Crippen LogP contribution < -0.4 is 9.64 Å². The van der Waals surface area contributed by atoms with E-state index in [-0.39, 0.29) is 12.5 Å². The average molecular weight is 306 g/mol. The maximum absolute atomic E-state index is 13.5. The first-order valence-electron chi connectivity index (χ1n) is 6.57. The summed E-state index contributed by atoms with van der Waals surface area (Å²) in [5.41, 5.74) is 1.23. The van der Waals surface area contributed by atoms with Crippen LogP contribution in [0.25, 0.3) is 0 Å². The molecule has 1 amide bonds. The molecule has 1 atom stereocenters. The molecule has 0 radical (unpaired) electrons. The van der Waals surface area contributed by atoms with E-state index in [1.165, 1.54) is 23.1 Å². The van der Waals surface area contributed by atoms with Crippen LogP contribution in [-0.4, -0.2) is 12.0 Å². The van der Waals surface area contributed by atoms with Crippen LogP contribution >= 0.6 is 11.6 Å². The van der Waals surface area contributed by atoms with Gasteiger partial charge >= 0.3 is 0 Å². The predicted octanol–water partition coefficient (Wildman–Crippen LogP) is 3.79. The van der Waals surface area contributed by atoms with Gasteiger partial charge in [-0.1, -0.05) is 29.8 Å². The van der Waals surface area contributed by atoms with E-state index >= 15 is 0 Å². The monoisotopic (exact) mass is 305 g/mol. The summed E-state index contributed by atoms with van der Waals surface area (Å²) in [5, 5.41) is 0.572. The summed E-state index contributed by atoms with van der Waals surface area (Å²) in [6.07, 6.45) is -0.606. The molecule has 1 unspecified atom stereocenters. The smallest absolute Gasteiger partial charge is 0.268 e. The lowest BCUT2D eigenvalue weighted by Crippen LogP contribution is -2.44. The van der Waals surface area contributed by atoms with Crippen LogP contribution in [0.2, 0.25) is 5.02 Å². The highest BCUT2D eigenvalue weighted by molar-refractivity contribution is 6.31. The zero-order valence-corrected chi connectivity index (χ0v) is 12.1. The molecule has 5 heteroatoms. The van der Waals surface area contributed by atoms with E-state index in [1.807, 2.05) is 18.2 Å². The van der Waals surface area contributed by atoms with Crippen molar-refractivity contribution in [3.8, 4) is 5.75 Å². The molecule has 3 nitrogen and oxygen atoms in total. The molecule has 2 aromatic rings. The number of carbonyl (C=O) groups is 1. The minimum Gasteiger partial charge on any atom is -0.479 e. The van der Waals surface area contributed by atoms with Crippen molar-refractivity contribution in [1.29, 1.82) is 0 Å². The van der Waals surface area contributed by atoms with E-state index in [9.17, 15) is 9.18 Å². The maximum Gasteiger partial charge on any atom is 0.268 e. The highest BCUT2D eigenvalue weighted by atomic mass is 35.5. The molecule has 0 N–H and O–H groups in total. The van der Waals surface area contributed by atoms with Gasteiger partial charge in [0.2, 0.25) is 0 Å². The first kappa shape index (κ1) is 13.9. The fourth-order valence-corrected chi connectivity index (χ4v) is 2.54. The van der Waals surface area contributed by atoms with E-state index in [0.29, 0.717) is 16.5 Å². The molecule has 1 aliphatic rings. The molecule has 0 saturated carbocycles. The van der Waals surface area contributed by atoms with Gasteiger partial charge in [-0.05, 0) is 30.7 Å². The number of halogens is 2. The number of ether oxygens (including phenoxy) is 1. The highest BCUT2D eigenvalue weighted by Crippen LogP contribution is 2.36. The SMILES string of the molecule is CC1Oc2ccc(F)cc2N(Cc2ccccc2Cl)C1=O. The van der Waals surface area contributed by atoms with Crippen molar-refractivity contribution in [1.82, 2.24) is 0 Å². The van der Waals surface area contributed by atoms with Gasteiger partial charge in [-0.15, -0.1) is 0 Å². The number of fused-ring (bicyclic) bond motifs is 1. The lowest BCUT2D eigenvalue weighted by atomic mass is 10.1. The molecular formula is C16H13ClFNO2. The Kier molecular flexibility index (Phi) is 3.55. The fraction of sp³-hybridized carbons (Fsp3) is 0.188. The molecule has 0 saturated heterocycles. The Labute approximate surface area is 126 Å². The summed E-state index contributed by atoms with van der Waals surface area (Å²) >= 11 is 6.14. The van der Waals surface area contributed by atoms with Gasteiger partial charge in [0.1, 0.15) is 11.6 Å². The zero-order chi connectivity index (χ0) is 15.0. The summed E-state index contributed by atoms with van der Waals surface area (Å²) in [4.78, 5) is 13.9. The second-order valence-electron chi connectivity index (χ2n) is 4.89. The van der Waals surface area contributed by atoms with Crippen LogP contribution in [0.1, 0.15) is 12.5 Å². The van der Waals surface area contributed by atoms with Crippen molar-refractivity contribution in [2.75, 3.05) is 4.90 Å². The van der Waals surface area contributed by atoms with E-state index in [2.05, 4.69) is 0 Å². The second kappa shape index (κ2) is 5.37. The van der Waals surface area contributed by atoms with Crippen molar-refractivity contribution < 1.29 is 13.9 Å². The molecule has 21 heavy (non-hydrogen) atoms. The number of carbonyl (C=O) groups excluding carboxylic acids is 1. The largest absolute Gasteiger partial charge is 0.479 e. The van der Waals surface area contributed by atoms with E-state index in [4.69, 9.17) is 16.3 Å². The molecule has 0 bridgehead atoms. The summed E-state index contributed by atoms with van der Waals surface area (Å²) in [5.74, 6) is -0.132. The number of rotatable bonds is 2. The quantitative estimate of drug-likeness (QED) is 0.845. The number of hydrogen-bond donors (Lipinski definition) is 0. The molecule has 0 aromatic heterocycles. The summed E-state index contributed by atoms with van der Waals surface area (Å²) in [6.45, 7) is 1.96. The number of nitrogens with zero attached hydrogens (tertiary/aromatic N) is 1. The minimum absolute atomic E-state index is 0.215. The van der Waals surface area contributed by atoms with Crippen molar-refractivity contribution in [3.63, 3.8) is 0 Å². The molecule has 0 spiro atoms. The lowest BCUT2D eigenvalue weighted by Gasteiger charge is -2.33. The average Bonchev–Trinajstić information content (AvgIpc) is 2.46. The Hall–Kier alpha value is -2.07. The van der Waals surface area contributed by atoms with Crippen molar-refractivity contribution in [3.05, 3.63) is 58.9 Å². The van der Waals surface area contributed by atoms with Crippen molar-refractivity contribution >= 4 is 23.2 Å². The number of amides is 1. The van der Waals surface area contributed by atoms with E-state index in [1.54, 1.807) is 13.0 Å². The van der Waals surface area contributed by atoms with Crippen molar-refractivity contribution in [2.24, 2.45) is 0 Å². The van der Waals surface area contributed by atoms with Crippen LogP contribution in [0.4, 0.5) is 10.1 Å². The zero-order valence-electron chi connectivity index (χ0n) is 11.3. The molecule has 0 aliphatic carbocycles. The number of hydrogen-bond acceptors (Lipinski definition) is 2. The van der Waals surface area contributed by atoms with E-state index in [0.717, 1.165) is 5.56 Å².